The fourth-order valence-electron chi connectivity index (χ4n) is 10.6. The van der Waals surface area contributed by atoms with E-state index in [1.807, 2.05) is 11.3 Å². The number of thiophene rings is 1. The molecule has 3 nitrogen and oxygen atoms in total. The normalized spacial score (nSPS) is 14.2. The summed E-state index contributed by atoms with van der Waals surface area (Å²) in [6.45, 7) is 0. The molecule has 0 saturated carbocycles. The third kappa shape index (κ3) is 4.78. The van der Waals surface area contributed by atoms with Crippen LogP contribution in [0.3, 0.4) is 0 Å². The Morgan fingerprint density at radius 3 is 1.90 bits per heavy atom. The van der Waals surface area contributed by atoms with E-state index in [1.54, 1.807) is 0 Å². The van der Waals surface area contributed by atoms with Crippen LogP contribution in [0.15, 0.2) is 205 Å². The van der Waals surface area contributed by atoms with Crippen LogP contribution in [0.5, 0.6) is 0 Å². The molecule has 10 aromatic carbocycles. The minimum Gasteiger partial charge on any atom is -0.359 e. The van der Waals surface area contributed by atoms with Crippen molar-refractivity contribution in [1.29, 1.82) is 0 Å². The van der Waals surface area contributed by atoms with Crippen molar-refractivity contribution in [3.8, 4) is 38.4 Å². The molecule has 1 N–H and O–H groups in total. The molecule has 0 radical (unpaired) electrons. The summed E-state index contributed by atoms with van der Waals surface area (Å²) in [6.07, 6.45) is 0. The average molecular weight is 806 g/mol. The van der Waals surface area contributed by atoms with Gasteiger partial charge in [-0.2, -0.15) is 0 Å². The summed E-state index contributed by atoms with van der Waals surface area (Å²) in [7, 11) is 0. The maximum absolute atomic E-state index is 5.45. The lowest BCUT2D eigenvalue weighted by atomic mass is 9.87. The lowest BCUT2D eigenvalue weighted by Crippen LogP contribution is -2.33. The van der Waals surface area contributed by atoms with Crippen LogP contribution in [0.25, 0.3) is 103 Å². The number of amidine groups is 1. The number of fused-ring (bicyclic) bond motifs is 14. The van der Waals surface area contributed by atoms with Crippen molar-refractivity contribution in [3.63, 3.8) is 0 Å². The fourth-order valence-corrected chi connectivity index (χ4v) is 11.9. The zero-order chi connectivity index (χ0) is 40.5. The summed E-state index contributed by atoms with van der Waals surface area (Å²) in [5, 5.41) is 15.3. The molecule has 0 fully saturated rings. The number of rotatable bonds is 4. The first-order valence-electron chi connectivity index (χ1n) is 21.3. The zero-order valence-electron chi connectivity index (χ0n) is 33.4. The minimum atomic E-state index is -0.0635. The SMILES string of the molecule is c1ccc(C2NC(c3ccc(-n4c5ccccc5c5cc(-c6ccc7sc8c(c7c6)-c6cccc7cccc-8c67)ccc54)cc3)=Nc3c2c2ccccc2c2ccccc32)cc1. The second-order valence-electron chi connectivity index (χ2n) is 16.7. The summed E-state index contributed by atoms with van der Waals surface area (Å²) in [5.41, 5.74) is 14.6. The molecule has 2 aliphatic rings. The van der Waals surface area contributed by atoms with Crippen LogP contribution in [0.1, 0.15) is 22.7 Å². The topological polar surface area (TPSA) is 29.3 Å². The van der Waals surface area contributed by atoms with E-state index in [4.69, 9.17) is 4.99 Å². The van der Waals surface area contributed by atoms with Crippen molar-refractivity contribution in [2.75, 3.05) is 0 Å². The number of hydrogen-bond acceptors (Lipinski definition) is 3. The molecule has 2 aromatic heterocycles. The van der Waals surface area contributed by atoms with Crippen LogP contribution in [0, 0.1) is 0 Å². The molecule has 1 aliphatic carbocycles. The smallest absolute Gasteiger partial charge is 0.134 e. The molecule has 0 bridgehead atoms. The molecule has 3 heterocycles. The Labute approximate surface area is 361 Å². The van der Waals surface area contributed by atoms with E-state index in [-0.39, 0.29) is 6.04 Å². The highest BCUT2D eigenvalue weighted by Crippen LogP contribution is 2.55. The third-order valence-corrected chi connectivity index (χ3v) is 14.6. The van der Waals surface area contributed by atoms with Gasteiger partial charge in [0.05, 0.1) is 22.8 Å². The Morgan fingerprint density at radius 2 is 1.10 bits per heavy atom. The van der Waals surface area contributed by atoms with Crippen LogP contribution >= 0.6 is 11.3 Å². The van der Waals surface area contributed by atoms with Gasteiger partial charge in [0.2, 0.25) is 0 Å². The molecule has 1 aliphatic heterocycles. The predicted octanol–water partition coefficient (Wildman–Crippen LogP) is 15.5. The fraction of sp³-hybridized carbons (Fsp3) is 0.0172. The first kappa shape index (κ1) is 34.0. The average Bonchev–Trinajstić information content (AvgIpc) is 3.99. The summed E-state index contributed by atoms with van der Waals surface area (Å²) < 4.78 is 3.74. The van der Waals surface area contributed by atoms with Gasteiger partial charge in [-0.1, -0.05) is 146 Å². The van der Waals surface area contributed by atoms with Gasteiger partial charge in [0.15, 0.2) is 0 Å². The van der Waals surface area contributed by atoms with E-state index >= 15 is 0 Å². The van der Waals surface area contributed by atoms with Crippen molar-refractivity contribution < 1.29 is 0 Å². The van der Waals surface area contributed by atoms with Gasteiger partial charge in [-0.25, -0.2) is 4.99 Å². The molecular formula is C58H35N3S. The number of aliphatic imine (C=N–C) groups is 1. The number of aromatic nitrogens is 1. The second kappa shape index (κ2) is 12.9. The van der Waals surface area contributed by atoms with Crippen LogP contribution in [-0.4, -0.2) is 10.4 Å². The lowest BCUT2D eigenvalue weighted by molar-refractivity contribution is 0.757. The molecule has 14 rings (SSSR count). The van der Waals surface area contributed by atoms with E-state index in [0.29, 0.717) is 0 Å². The van der Waals surface area contributed by atoms with E-state index in [9.17, 15) is 0 Å². The molecular weight excluding hydrogens is 771 g/mol. The van der Waals surface area contributed by atoms with E-state index in [0.717, 1.165) is 22.8 Å². The van der Waals surface area contributed by atoms with Gasteiger partial charge in [0, 0.05) is 59.1 Å². The van der Waals surface area contributed by atoms with Gasteiger partial charge in [0.1, 0.15) is 5.84 Å². The first-order valence-corrected chi connectivity index (χ1v) is 22.1. The van der Waals surface area contributed by atoms with Gasteiger partial charge in [0.25, 0.3) is 0 Å². The molecule has 62 heavy (non-hydrogen) atoms. The second-order valence-corrected chi connectivity index (χ2v) is 17.7. The molecule has 0 saturated heterocycles. The molecule has 1 atom stereocenters. The zero-order valence-corrected chi connectivity index (χ0v) is 34.2. The maximum Gasteiger partial charge on any atom is 0.134 e. The highest BCUT2D eigenvalue weighted by molar-refractivity contribution is 7.23. The number of nitrogens with one attached hydrogen (secondary N) is 1. The summed E-state index contributed by atoms with van der Waals surface area (Å²) in [4.78, 5) is 6.85. The molecule has 1 unspecified atom stereocenters. The molecule has 12 aromatic rings. The molecule has 0 amide bonds. The minimum absolute atomic E-state index is 0.0635. The highest BCUT2D eigenvalue weighted by Gasteiger charge is 2.29. The summed E-state index contributed by atoms with van der Waals surface area (Å²) in [6, 6.07) is 73.4. The van der Waals surface area contributed by atoms with E-state index in [1.165, 1.54) is 108 Å². The van der Waals surface area contributed by atoms with Crippen LogP contribution in [0.2, 0.25) is 0 Å². The van der Waals surface area contributed by atoms with Crippen molar-refractivity contribution in [1.82, 2.24) is 9.88 Å². The van der Waals surface area contributed by atoms with Gasteiger partial charge < -0.3 is 9.88 Å². The Kier molecular flexibility index (Phi) is 7.05. The van der Waals surface area contributed by atoms with Gasteiger partial charge >= 0.3 is 0 Å². The van der Waals surface area contributed by atoms with Gasteiger partial charge in [-0.05, 0) is 104 Å². The Balaban J connectivity index is 0.879. The van der Waals surface area contributed by atoms with Gasteiger partial charge in [-0.3, -0.25) is 0 Å². The van der Waals surface area contributed by atoms with Crippen molar-refractivity contribution in [2.45, 2.75) is 6.04 Å². The standard InChI is InChI=1S/C58H35N3S/c1-2-12-35(13-3-1)55-54-43-19-6-4-16-40(43)41-17-5-7-20-44(41)56(54)60-58(59-55)36-24-28-39(29-25-36)61-49-23-9-8-18-42(49)47-32-37(26-30-50(47)61)38-27-31-51-48(33-38)53-45-21-10-14-34-15-11-22-46(52(34)45)57(53)62-51/h1-33,55H,(H,59,60). The van der Waals surface area contributed by atoms with Crippen LogP contribution in [-0.2, 0) is 0 Å². The first-order chi connectivity index (χ1) is 30.7. The predicted molar refractivity (Wildman–Crippen MR) is 263 cm³/mol. The number of hydrogen-bond donors (Lipinski definition) is 1. The van der Waals surface area contributed by atoms with Crippen molar-refractivity contribution >= 4 is 87.1 Å². The molecule has 0 spiro atoms. The quantitative estimate of drug-likeness (QED) is 0.176. The Hall–Kier alpha value is -7.79. The van der Waals surface area contributed by atoms with Crippen LogP contribution in [0.4, 0.5) is 5.69 Å². The van der Waals surface area contributed by atoms with Crippen molar-refractivity contribution in [3.05, 3.63) is 217 Å². The number of benzene rings is 10. The maximum atomic E-state index is 5.45. The van der Waals surface area contributed by atoms with Gasteiger partial charge in [-0.15, -0.1) is 11.3 Å². The third-order valence-electron chi connectivity index (χ3n) is 13.4. The Morgan fingerprint density at radius 1 is 0.468 bits per heavy atom. The Bertz CT molecular complexity index is 3880. The number of nitrogens with zero attached hydrogens (tertiary/aromatic N) is 2. The van der Waals surface area contributed by atoms with Crippen LogP contribution < -0.4 is 5.32 Å². The summed E-state index contributed by atoms with van der Waals surface area (Å²) >= 11 is 1.92. The summed E-state index contributed by atoms with van der Waals surface area (Å²) in [5.74, 6) is 0.874. The number of para-hydroxylation sites is 1. The monoisotopic (exact) mass is 805 g/mol. The van der Waals surface area contributed by atoms with E-state index < -0.39 is 0 Å². The molecule has 288 valence electrons. The lowest BCUT2D eigenvalue weighted by Gasteiger charge is -2.30. The van der Waals surface area contributed by atoms with E-state index in [2.05, 4.69) is 210 Å². The van der Waals surface area contributed by atoms with Crippen molar-refractivity contribution in [2.24, 2.45) is 4.99 Å². The highest BCUT2D eigenvalue weighted by atomic mass is 32.1. The largest absolute Gasteiger partial charge is 0.359 e. The molecule has 4 heteroatoms.